The van der Waals surface area contributed by atoms with Gasteiger partial charge in [-0.1, -0.05) is 23.7 Å². The molecule has 1 atom stereocenters. The lowest BCUT2D eigenvalue weighted by Crippen LogP contribution is -2.28. The summed E-state index contributed by atoms with van der Waals surface area (Å²) in [7, 11) is -4.78. The van der Waals surface area contributed by atoms with Crippen LogP contribution in [0.4, 0.5) is 23.2 Å². The third kappa shape index (κ3) is 5.03. The van der Waals surface area contributed by atoms with E-state index in [4.69, 9.17) is 11.6 Å². The van der Waals surface area contributed by atoms with Gasteiger partial charge in [-0.2, -0.15) is 0 Å². The number of amides is 1. The average Bonchev–Trinajstić information content (AvgIpc) is 2.67. The smallest absolute Gasteiger partial charge is 0.267 e. The van der Waals surface area contributed by atoms with Gasteiger partial charge in [0.15, 0.2) is 4.90 Å². The van der Waals surface area contributed by atoms with Gasteiger partial charge in [0, 0.05) is 16.7 Å². The zero-order chi connectivity index (χ0) is 23.6. The van der Waals surface area contributed by atoms with E-state index in [1.807, 2.05) is 4.72 Å². The molecule has 0 spiro atoms. The van der Waals surface area contributed by atoms with E-state index in [-0.39, 0.29) is 21.8 Å². The highest BCUT2D eigenvalue weighted by Crippen LogP contribution is 2.27. The van der Waals surface area contributed by atoms with E-state index >= 15 is 0 Å². The SMILES string of the molecule is C[C@@H](NC(=O)c1ccc(Cl)cc1NS(=O)(=O)c1c(F)cccc1F)c1ccc(F)cc1F. The summed E-state index contributed by atoms with van der Waals surface area (Å²) in [5, 5.41) is 2.49. The van der Waals surface area contributed by atoms with Gasteiger partial charge in [-0.25, -0.2) is 26.0 Å². The van der Waals surface area contributed by atoms with Gasteiger partial charge in [0.25, 0.3) is 15.9 Å². The molecule has 0 saturated carbocycles. The molecule has 2 N–H and O–H groups in total. The van der Waals surface area contributed by atoms with E-state index in [1.54, 1.807) is 0 Å². The predicted octanol–water partition coefficient (Wildman–Crippen LogP) is 5.19. The number of halogens is 5. The molecule has 0 aliphatic carbocycles. The van der Waals surface area contributed by atoms with Crippen molar-refractivity contribution in [3.8, 4) is 0 Å². The molecule has 0 bridgehead atoms. The van der Waals surface area contributed by atoms with Crippen molar-refractivity contribution in [2.45, 2.75) is 17.9 Å². The topological polar surface area (TPSA) is 75.3 Å². The number of anilines is 1. The largest absolute Gasteiger partial charge is 0.345 e. The molecule has 5 nitrogen and oxygen atoms in total. The molecule has 3 aromatic carbocycles. The van der Waals surface area contributed by atoms with Crippen LogP contribution >= 0.6 is 11.6 Å². The first-order valence-corrected chi connectivity index (χ1v) is 10.9. The van der Waals surface area contributed by atoms with E-state index in [2.05, 4.69) is 5.32 Å². The van der Waals surface area contributed by atoms with E-state index in [9.17, 15) is 30.8 Å². The highest BCUT2D eigenvalue weighted by molar-refractivity contribution is 7.92. The van der Waals surface area contributed by atoms with Crippen molar-refractivity contribution < 1.29 is 30.8 Å². The van der Waals surface area contributed by atoms with Crippen molar-refractivity contribution in [1.82, 2.24) is 5.32 Å². The Labute approximate surface area is 186 Å². The van der Waals surface area contributed by atoms with Gasteiger partial charge in [-0.15, -0.1) is 0 Å². The van der Waals surface area contributed by atoms with E-state index in [0.29, 0.717) is 6.07 Å². The number of rotatable bonds is 6. The molecular weight excluding hydrogens is 472 g/mol. The molecule has 0 heterocycles. The minimum Gasteiger partial charge on any atom is -0.345 e. The van der Waals surface area contributed by atoms with Crippen LogP contribution in [0.1, 0.15) is 28.9 Å². The Bertz CT molecular complexity index is 1280. The lowest BCUT2D eigenvalue weighted by molar-refractivity contribution is 0.0940. The van der Waals surface area contributed by atoms with Crippen molar-refractivity contribution >= 4 is 33.2 Å². The monoisotopic (exact) mass is 486 g/mol. The third-order valence-electron chi connectivity index (χ3n) is 4.43. The zero-order valence-electron chi connectivity index (χ0n) is 16.3. The average molecular weight is 487 g/mol. The number of carbonyl (C=O) groups is 1. The minimum absolute atomic E-state index is 0.00993. The standard InChI is InChI=1S/C21H15ClF4N2O3S/c1-11(14-8-6-13(23)10-18(14)26)27-21(29)15-7-5-12(22)9-19(15)28-32(30,31)20-16(24)3-2-4-17(20)25/h2-11,28H,1H3,(H,27,29)/t11-/m1/s1. The molecule has 32 heavy (non-hydrogen) atoms. The molecule has 1 amide bonds. The fourth-order valence-electron chi connectivity index (χ4n) is 2.94. The molecule has 11 heteroatoms. The number of sulfonamides is 1. The van der Waals surface area contributed by atoms with Gasteiger partial charge < -0.3 is 5.32 Å². The molecule has 168 valence electrons. The minimum atomic E-state index is -4.78. The second-order valence-corrected chi connectivity index (χ2v) is 8.76. The number of hydrogen-bond donors (Lipinski definition) is 2. The molecule has 0 radical (unpaired) electrons. The van der Waals surface area contributed by atoms with Crippen molar-refractivity contribution in [2.75, 3.05) is 4.72 Å². The Morgan fingerprint density at radius 3 is 2.22 bits per heavy atom. The lowest BCUT2D eigenvalue weighted by Gasteiger charge is -2.18. The van der Waals surface area contributed by atoms with E-state index in [1.165, 1.54) is 19.1 Å². The Kier molecular flexibility index (Phi) is 6.75. The highest BCUT2D eigenvalue weighted by Gasteiger charge is 2.26. The van der Waals surface area contributed by atoms with Crippen molar-refractivity contribution in [3.05, 3.63) is 94.0 Å². The molecule has 0 fully saturated rings. The first-order chi connectivity index (χ1) is 15.0. The molecule has 0 unspecified atom stereocenters. The number of nitrogens with one attached hydrogen (secondary N) is 2. The normalized spacial score (nSPS) is 12.3. The summed E-state index contributed by atoms with van der Waals surface area (Å²) in [6.45, 7) is 1.43. The van der Waals surface area contributed by atoms with E-state index < -0.39 is 50.1 Å². The van der Waals surface area contributed by atoms with Gasteiger partial charge in [0.1, 0.15) is 23.3 Å². The highest BCUT2D eigenvalue weighted by atomic mass is 35.5. The first-order valence-electron chi connectivity index (χ1n) is 9.02. The molecular formula is C21H15ClF4N2O3S. The zero-order valence-corrected chi connectivity index (χ0v) is 17.9. The van der Waals surface area contributed by atoms with Gasteiger partial charge in [0.2, 0.25) is 0 Å². The summed E-state index contributed by atoms with van der Waals surface area (Å²) in [5.41, 5.74) is -0.613. The van der Waals surface area contributed by atoms with Crippen LogP contribution in [0.25, 0.3) is 0 Å². The van der Waals surface area contributed by atoms with Crippen molar-refractivity contribution in [2.24, 2.45) is 0 Å². The molecule has 0 aliphatic rings. The van der Waals surface area contributed by atoms with Gasteiger partial charge in [-0.05, 0) is 43.3 Å². The molecule has 3 rings (SSSR count). The van der Waals surface area contributed by atoms with E-state index in [0.717, 1.165) is 36.4 Å². The summed E-state index contributed by atoms with van der Waals surface area (Å²) in [5.74, 6) is -5.18. The Hall–Kier alpha value is -3.11. The molecule has 0 aromatic heterocycles. The van der Waals surface area contributed by atoms with Crippen molar-refractivity contribution in [3.63, 3.8) is 0 Å². The summed E-state index contributed by atoms with van der Waals surface area (Å²) < 4.78 is 82.3. The summed E-state index contributed by atoms with van der Waals surface area (Å²) in [4.78, 5) is 11.5. The number of hydrogen-bond acceptors (Lipinski definition) is 3. The molecule has 0 saturated heterocycles. The van der Waals surface area contributed by atoms with Gasteiger partial charge in [0.05, 0.1) is 17.3 Å². The van der Waals surface area contributed by atoms with Crippen LogP contribution in [-0.4, -0.2) is 14.3 Å². The summed E-state index contributed by atoms with van der Waals surface area (Å²) in [6.07, 6.45) is 0. The fourth-order valence-corrected chi connectivity index (χ4v) is 4.32. The first kappa shape index (κ1) is 23.6. The van der Waals surface area contributed by atoms with Gasteiger partial charge in [-0.3, -0.25) is 9.52 Å². The lowest BCUT2D eigenvalue weighted by atomic mass is 10.1. The Balaban J connectivity index is 1.93. The van der Waals surface area contributed by atoms with Crippen LogP contribution in [-0.2, 0) is 10.0 Å². The Morgan fingerprint density at radius 1 is 0.938 bits per heavy atom. The quantitative estimate of drug-likeness (QED) is 0.471. The number of carbonyl (C=O) groups excluding carboxylic acids is 1. The maximum absolute atomic E-state index is 14.0. The molecule has 0 aliphatic heterocycles. The predicted molar refractivity (Wildman–Crippen MR) is 111 cm³/mol. The van der Waals surface area contributed by atoms with Crippen LogP contribution in [0.15, 0.2) is 59.5 Å². The second-order valence-electron chi connectivity index (χ2n) is 6.71. The Morgan fingerprint density at radius 2 is 1.59 bits per heavy atom. The second kappa shape index (κ2) is 9.17. The van der Waals surface area contributed by atoms with Crippen LogP contribution in [0.3, 0.4) is 0 Å². The van der Waals surface area contributed by atoms with Crippen LogP contribution in [0.2, 0.25) is 5.02 Å². The number of benzene rings is 3. The van der Waals surface area contributed by atoms with Crippen molar-refractivity contribution in [1.29, 1.82) is 0 Å². The third-order valence-corrected chi connectivity index (χ3v) is 6.09. The fraction of sp³-hybridized carbons (Fsp3) is 0.0952. The molecule has 3 aromatic rings. The summed E-state index contributed by atoms with van der Waals surface area (Å²) in [6, 6.07) is 7.99. The summed E-state index contributed by atoms with van der Waals surface area (Å²) >= 11 is 5.90. The van der Waals surface area contributed by atoms with Crippen LogP contribution in [0.5, 0.6) is 0 Å². The van der Waals surface area contributed by atoms with Gasteiger partial charge >= 0.3 is 0 Å². The maximum Gasteiger partial charge on any atom is 0.267 e. The van der Waals surface area contributed by atoms with Crippen LogP contribution in [0, 0.1) is 23.3 Å². The maximum atomic E-state index is 14.0. The van der Waals surface area contributed by atoms with Crippen LogP contribution < -0.4 is 10.0 Å².